The Bertz CT molecular complexity index is 734. The van der Waals surface area contributed by atoms with Crippen LogP contribution in [0.15, 0.2) is 18.2 Å². The maximum absolute atomic E-state index is 13.7. The van der Waals surface area contributed by atoms with E-state index in [4.69, 9.17) is 14.2 Å². The standard InChI is InChI=1S/C24H35FO5/c1-15(13-21(26)30-24(3,4)5)23(27)29-16(2)22(17-9-7-8-10-17)19-12-11-18(25)14-20(19)28-6/h11-12,14-17,22H,7-10,13H2,1-6H3/t15-,16+,22-/m1/s1. The van der Waals surface area contributed by atoms with Crippen LogP contribution < -0.4 is 4.74 Å². The van der Waals surface area contributed by atoms with Crippen LogP contribution in [0, 0.1) is 17.7 Å². The Morgan fingerprint density at radius 3 is 2.37 bits per heavy atom. The molecule has 1 fully saturated rings. The van der Waals surface area contributed by atoms with Gasteiger partial charge in [0.2, 0.25) is 0 Å². The van der Waals surface area contributed by atoms with Crippen LogP contribution in [0.25, 0.3) is 0 Å². The van der Waals surface area contributed by atoms with Crippen molar-refractivity contribution in [3.63, 3.8) is 0 Å². The molecule has 0 bridgehead atoms. The van der Waals surface area contributed by atoms with E-state index in [0.717, 1.165) is 31.2 Å². The lowest BCUT2D eigenvalue weighted by atomic mass is 9.80. The van der Waals surface area contributed by atoms with Gasteiger partial charge < -0.3 is 14.2 Å². The number of hydrogen-bond donors (Lipinski definition) is 0. The molecule has 0 radical (unpaired) electrons. The number of halogens is 1. The molecule has 0 aromatic heterocycles. The summed E-state index contributed by atoms with van der Waals surface area (Å²) in [4.78, 5) is 24.7. The summed E-state index contributed by atoms with van der Waals surface area (Å²) in [7, 11) is 1.52. The molecule has 0 saturated heterocycles. The van der Waals surface area contributed by atoms with Gasteiger partial charge in [-0.2, -0.15) is 0 Å². The quantitative estimate of drug-likeness (QED) is 0.524. The Morgan fingerprint density at radius 2 is 1.80 bits per heavy atom. The zero-order chi connectivity index (χ0) is 22.5. The van der Waals surface area contributed by atoms with E-state index in [9.17, 15) is 14.0 Å². The molecule has 30 heavy (non-hydrogen) atoms. The lowest BCUT2D eigenvalue weighted by molar-refractivity contribution is -0.163. The third-order valence-corrected chi connectivity index (χ3v) is 5.57. The van der Waals surface area contributed by atoms with Crippen molar-refractivity contribution in [3.05, 3.63) is 29.6 Å². The van der Waals surface area contributed by atoms with Crippen molar-refractivity contribution in [2.24, 2.45) is 11.8 Å². The van der Waals surface area contributed by atoms with Gasteiger partial charge in [-0.3, -0.25) is 9.59 Å². The second kappa shape index (κ2) is 10.3. The number of methoxy groups -OCH3 is 1. The molecule has 0 aliphatic heterocycles. The lowest BCUT2D eigenvalue weighted by Gasteiger charge is -2.31. The van der Waals surface area contributed by atoms with Gasteiger partial charge in [0.1, 0.15) is 23.3 Å². The minimum Gasteiger partial charge on any atom is -0.496 e. The maximum Gasteiger partial charge on any atom is 0.309 e. The average Bonchev–Trinajstić information content (AvgIpc) is 3.15. The zero-order valence-corrected chi connectivity index (χ0v) is 19.0. The number of hydrogen-bond acceptors (Lipinski definition) is 5. The number of ether oxygens (including phenoxy) is 3. The van der Waals surface area contributed by atoms with E-state index in [1.165, 1.54) is 19.2 Å². The smallest absolute Gasteiger partial charge is 0.309 e. The van der Waals surface area contributed by atoms with Crippen LogP contribution in [0.3, 0.4) is 0 Å². The first-order chi connectivity index (χ1) is 14.0. The monoisotopic (exact) mass is 422 g/mol. The predicted octanol–water partition coefficient (Wildman–Crippen LogP) is 5.41. The van der Waals surface area contributed by atoms with E-state index in [-0.39, 0.29) is 18.2 Å². The van der Waals surface area contributed by atoms with Crippen LogP contribution >= 0.6 is 0 Å². The SMILES string of the molecule is COc1cc(F)ccc1[C@@H](C1CCCC1)[C@H](C)OC(=O)[C@H](C)CC(=O)OC(C)(C)C. The molecule has 0 N–H and O–H groups in total. The van der Waals surface area contributed by atoms with E-state index in [2.05, 4.69) is 0 Å². The second-order valence-corrected chi connectivity index (χ2v) is 9.29. The molecule has 6 heteroatoms. The Labute approximate surface area is 179 Å². The van der Waals surface area contributed by atoms with Crippen molar-refractivity contribution in [2.75, 3.05) is 7.11 Å². The van der Waals surface area contributed by atoms with Crippen molar-refractivity contribution >= 4 is 11.9 Å². The Kier molecular flexibility index (Phi) is 8.27. The molecule has 1 aliphatic carbocycles. The molecule has 0 spiro atoms. The van der Waals surface area contributed by atoms with Crippen molar-refractivity contribution in [1.29, 1.82) is 0 Å². The normalized spacial score (nSPS) is 17.8. The van der Waals surface area contributed by atoms with Gasteiger partial charge in [-0.15, -0.1) is 0 Å². The number of esters is 2. The molecule has 0 amide bonds. The van der Waals surface area contributed by atoms with E-state index in [0.29, 0.717) is 11.7 Å². The number of benzene rings is 1. The largest absolute Gasteiger partial charge is 0.496 e. The van der Waals surface area contributed by atoms with Crippen LogP contribution in [-0.2, 0) is 19.1 Å². The number of rotatable bonds is 8. The molecule has 1 saturated carbocycles. The molecule has 2 rings (SSSR count). The van der Waals surface area contributed by atoms with E-state index in [1.807, 2.05) is 6.92 Å². The third kappa shape index (κ3) is 6.71. The summed E-state index contributed by atoms with van der Waals surface area (Å²) in [6.45, 7) is 8.90. The van der Waals surface area contributed by atoms with Gasteiger partial charge in [0.05, 0.1) is 19.4 Å². The van der Waals surface area contributed by atoms with Gasteiger partial charge in [0.15, 0.2) is 0 Å². The van der Waals surface area contributed by atoms with Crippen molar-refractivity contribution in [1.82, 2.24) is 0 Å². The Balaban J connectivity index is 2.14. The van der Waals surface area contributed by atoms with Gasteiger partial charge in [0.25, 0.3) is 0 Å². The average molecular weight is 423 g/mol. The lowest BCUT2D eigenvalue weighted by Crippen LogP contribution is -2.31. The first-order valence-electron chi connectivity index (χ1n) is 10.8. The summed E-state index contributed by atoms with van der Waals surface area (Å²) in [5, 5.41) is 0. The summed E-state index contributed by atoms with van der Waals surface area (Å²) < 4.78 is 30.3. The zero-order valence-electron chi connectivity index (χ0n) is 19.0. The highest BCUT2D eigenvalue weighted by atomic mass is 19.1. The van der Waals surface area contributed by atoms with Gasteiger partial charge in [0, 0.05) is 17.5 Å². The van der Waals surface area contributed by atoms with E-state index in [1.54, 1.807) is 33.8 Å². The van der Waals surface area contributed by atoms with Gasteiger partial charge >= 0.3 is 11.9 Å². The van der Waals surface area contributed by atoms with Crippen molar-refractivity contribution in [3.8, 4) is 5.75 Å². The highest BCUT2D eigenvalue weighted by molar-refractivity contribution is 5.80. The van der Waals surface area contributed by atoms with Crippen LogP contribution in [-0.4, -0.2) is 30.8 Å². The van der Waals surface area contributed by atoms with Crippen LogP contribution in [0.2, 0.25) is 0 Å². The minimum atomic E-state index is -0.610. The summed E-state index contributed by atoms with van der Waals surface area (Å²) in [6, 6.07) is 4.52. The first kappa shape index (κ1) is 24.2. The van der Waals surface area contributed by atoms with Crippen molar-refractivity contribution in [2.45, 2.75) is 84.3 Å². The summed E-state index contributed by atoms with van der Waals surface area (Å²) in [5.41, 5.74) is 0.256. The van der Waals surface area contributed by atoms with Gasteiger partial charge in [-0.25, -0.2) is 4.39 Å². The molecule has 168 valence electrons. The summed E-state index contributed by atoms with van der Waals surface area (Å²) in [5.74, 6) is -1.13. The molecule has 5 nitrogen and oxygen atoms in total. The molecule has 0 heterocycles. The fourth-order valence-electron chi connectivity index (χ4n) is 4.26. The van der Waals surface area contributed by atoms with Crippen molar-refractivity contribution < 1.29 is 28.2 Å². The Hall–Kier alpha value is -2.11. The molecular weight excluding hydrogens is 387 g/mol. The number of carbonyl (C=O) groups is 2. The topological polar surface area (TPSA) is 61.8 Å². The van der Waals surface area contributed by atoms with Crippen LogP contribution in [0.5, 0.6) is 5.75 Å². The first-order valence-corrected chi connectivity index (χ1v) is 10.8. The van der Waals surface area contributed by atoms with Gasteiger partial charge in [-0.05, 0) is 52.5 Å². The number of carbonyl (C=O) groups excluding carboxylic acids is 2. The highest BCUT2D eigenvalue weighted by Gasteiger charge is 2.35. The molecule has 1 aliphatic rings. The minimum absolute atomic E-state index is 0.0310. The highest BCUT2D eigenvalue weighted by Crippen LogP contribution is 2.43. The molecule has 0 unspecified atom stereocenters. The van der Waals surface area contributed by atoms with E-state index >= 15 is 0 Å². The summed E-state index contributed by atoms with van der Waals surface area (Å²) >= 11 is 0. The second-order valence-electron chi connectivity index (χ2n) is 9.29. The fraction of sp³-hybridized carbons (Fsp3) is 0.667. The predicted molar refractivity (Wildman–Crippen MR) is 113 cm³/mol. The fourth-order valence-corrected chi connectivity index (χ4v) is 4.26. The van der Waals surface area contributed by atoms with E-state index < -0.39 is 29.6 Å². The Morgan fingerprint density at radius 1 is 1.17 bits per heavy atom. The summed E-state index contributed by atoms with van der Waals surface area (Å²) in [6.07, 6.45) is 3.85. The molecule has 3 atom stereocenters. The molecule has 1 aromatic rings. The van der Waals surface area contributed by atoms with Crippen LogP contribution in [0.1, 0.15) is 78.2 Å². The molecular formula is C24H35FO5. The van der Waals surface area contributed by atoms with Gasteiger partial charge in [-0.1, -0.05) is 25.8 Å². The maximum atomic E-state index is 13.7. The molecule has 1 aromatic carbocycles. The van der Waals surface area contributed by atoms with Crippen LogP contribution in [0.4, 0.5) is 4.39 Å². The third-order valence-electron chi connectivity index (χ3n) is 5.57.